The van der Waals surface area contributed by atoms with Crippen LogP contribution in [-0.4, -0.2) is 17.9 Å². The van der Waals surface area contributed by atoms with E-state index >= 15 is 0 Å². The van der Waals surface area contributed by atoms with Gasteiger partial charge in [0, 0.05) is 24.3 Å². The van der Waals surface area contributed by atoms with E-state index in [1.54, 1.807) is 6.08 Å². The van der Waals surface area contributed by atoms with Gasteiger partial charge in [-0.25, -0.2) is 4.79 Å². The van der Waals surface area contributed by atoms with E-state index in [2.05, 4.69) is 19.9 Å². The molecule has 6 atom stereocenters. The number of ether oxygens (including phenoxy) is 1. The zero-order valence-corrected chi connectivity index (χ0v) is 18.8. The predicted molar refractivity (Wildman–Crippen MR) is 122 cm³/mol. The molecule has 3 fully saturated rings. The third-order valence-corrected chi connectivity index (χ3v) is 9.26. The van der Waals surface area contributed by atoms with Crippen molar-refractivity contribution in [1.29, 1.82) is 0 Å². The fourth-order valence-electron chi connectivity index (χ4n) is 7.43. The highest BCUT2D eigenvalue weighted by Crippen LogP contribution is 2.64. The third kappa shape index (κ3) is 3.50. The van der Waals surface area contributed by atoms with Crippen LogP contribution in [0.1, 0.15) is 70.8 Å². The van der Waals surface area contributed by atoms with Gasteiger partial charge in [-0.3, -0.25) is 4.79 Å². The molecular formula is C28H34O3. The maximum Gasteiger partial charge on any atom is 0.331 e. The van der Waals surface area contributed by atoms with E-state index in [-0.39, 0.29) is 22.9 Å². The number of fused-ring (bicyclic) bond motifs is 5. The lowest BCUT2D eigenvalue weighted by atomic mass is 9.48. The molecule has 4 aliphatic carbocycles. The minimum Gasteiger partial charge on any atom is -0.459 e. The minimum absolute atomic E-state index is 0.0225. The predicted octanol–water partition coefficient (Wildman–Crippen LogP) is 6.14. The summed E-state index contributed by atoms with van der Waals surface area (Å²) in [4.78, 5) is 25.0. The summed E-state index contributed by atoms with van der Waals surface area (Å²) in [5.74, 6) is 2.14. The van der Waals surface area contributed by atoms with Crippen LogP contribution in [0.4, 0.5) is 0 Å². The first kappa shape index (κ1) is 20.7. The van der Waals surface area contributed by atoms with Crippen molar-refractivity contribution >= 4 is 17.8 Å². The highest BCUT2D eigenvalue weighted by atomic mass is 16.5. The van der Waals surface area contributed by atoms with Crippen LogP contribution >= 0.6 is 0 Å². The van der Waals surface area contributed by atoms with Gasteiger partial charge in [0.1, 0.15) is 11.9 Å². The van der Waals surface area contributed by atoms with Crippen LogP contribution in [0.3, 0.4) is 0 Å². The Balaban J connectivity index is 1.26. The average molecular weight is 419 g/mol. The fourth-order valence-corrected chi connectivity index (χ4v) is 7.43. The van der Waals surface area contributed by atoms with Gasteiger partial charge in [0.05, 0.1) is 0 Å². The molecule has 31 heavy (non-hydrogen) atoms. The molecule has 0 saturated heterocycles. The molecule has 1 aromatic rings. The van der Waals surface area contributed by atoms with Crippen molar-refractivity contribution < 1.29 is 14.3 Å². The molecule has 0 N–H and O–H groups in total. The fraction of sp³-hybridized carbons (Fsp3) is 0.571. The Kier molecular flexibility index (Phi) is 5.19. The van der Waals surface area contributed by atoms with Crippen LogP contribution in [0.25, 0.3) is 6.08 Å². The van der Waals surface area contributed by atoms with Crippen LogP contribution in [-0.2, 0) is 14.3 Å². The second kappa shape index (κ2) is 7.76. The number of carbonyl (C=O) groups is 2. The Bertz CT molecular complexity index is 929. The van der Waals surface area contributed by atoms with Gasteiger partial charge in [0.2, 0.25) is 0 Å². The molecule has 0 bridgehead atoms. The SMILES string of the molecule is C[C@]12CC[C@@H](OC(=O)/C=C\c3ccccc3)CC1=CC[C@H]1[C@H]2CC[C@]2(C)C(=O)CC[C@H]12. The first-order valence-electron chi connectivity index (χ1n) is 12.1. The highest BCUT2D eigenvalue weighted by Gasteiger charge is 2.58. The zero-order valence-electron chi connectivity index (χ0n) is 18.8. The van der Waals surface area contributed by atoms with Gasteiger partial charge in [0.25, 0.3) is 0 Å². The number of hydrogen-bond acceptors (Lipinski definition) is 3. The quantitative estimate of drug-likeness (QED) is 0.336. The van der Waals surface area contributed by atoms with Crippen molar-refractivity contribution in [3.05, 3.63) is 53.6 Å². The summed E-state index contributed by atoms with van der Waals surface area (Å²) in [6.07, 6.45) is 13.9. The number of Topliss-reactive ketones (excluding diaryl/α,β-unsaturated/α-hetero) is 1. The summed E-state index contributed by atoms with van der Waals surface area (Å²) >= 11 is 0. The number of carbonyl (C=O) groups excluding carboxylic acids is 2. The van der Waals surface area contributed by atoms with E-state index in [1.165, 1.54) is 12.0 Å². The highest BCUT2D eigenvalue weighted by molar-refractivity contribution is 5.87. The monoisotopic (exact) mass is 418 g/mol. The van der Waals surface area contributed by atoms with E-state index in [0.29, 0.717) is 23.5 Å². The largest absolute Gasteiger partial charge is 0.459 e. The van der Waals surface area contributed by atoms with Gasteiger partial charge in [-0.05, 0) is 73.3 Å². The van der Waals surface area contributed by atoms with Crippen molar-refractivity contribution in [2.24, 2.45) is 28.6 Å². The number of esters is 1. The molecule has 0 heterocycles. The summed E-state index contributed by atoms with van der Waals surface area (Å²) in [7, 11) is 0. The lowest BCUT2D eigenvalue weighted by molar-refractivity contribution is -0.145. The molecule has 3 nitrogen and oxygen atoms in total. The number of ketones is 1. The van der Waals surface area contributed by atoms with E-state index in [1.807, 2.05) is 36.4 Å². The maximum absolute atomic E-state index is 12.6. The van der Waals surface area contributed by atoms with Gasteiger partial charge in [0.15, 0.2) is 0 Å². The molecule has 0 amide bonds. The van der Waals surface area contributed by atoms with Gasteiger partial charge < -0.3 is 4.74 Å². The van der Waals surface area contributed by atoms with E-state index in [0.717, 1.165) is 50.5 Å². The van der Waals surface area contributed by atoms with Crippen LogP contribution in [0, 0.1) is 28.6 Å². The molecule has 0 aliphatic heterocycles. The Hall–Kier alpha value is -2.16. The first-order valence-corrected chi connectivity index (χ1v) is 12.1. The van der Waals surface area contributed by atoms with Crippen LogP contribution in [0.15, 0.2) is 48.1 Å². The first-order chi connectivity index (χ1) is 14.9. The van der Waals surface area contributed by atoms with Gasteiger partial charge >= 0.3 is 5.97 Å². The van der Waals surface area contributed by atoms with Crippen molar-refractivity contribution in [2.75, 3.05) is 0 Å². The molecule has 0 radical (unpaired) electrons. The third-order valence-electron chi connectivity index (χ3n) is 9.26. The summed E-state index contributed by atoms with van der Waals surface area (Å²) < 4.78 is 5.83. The topological polar surface area (TPSA) is 43.4 Å². The Morgan fingerprint density at radius 1 is 1.03 bits per heavy atom. The molecule has 164 valence electrons. The standard InChI is InChI=1S/C28H34O3/c1-27-16-14-21(31-26(30)13-8-19-6-4-3-5-7-19)18-20(27)9-10-22-23-11-12-25(29)28(23,2)17-15-24(22)27/h3-9,13,21-24H,10-12,14-18H2,1-2H3/b13-8-/t21-,22-,23-,24-,27+,28+/m1/s1. The molecule has 0 unspecified atom stereocenters. The molecule has 4 aliphatic rings. The number of benzene rings is 1. The molecule has 3 heteroatoms. The van der Waals surface area contributed by atoms with Gasteiger partial charge in [-0.1, -0.05) is 55.8 Å². The molecule has 3 saturated carbocycles. The Morgan fingerprint density at radius 3 is 2.58 bits per heavy atom. The number of allylic oxidation sites excluding steroid dienone is 1. The summed E-state index contributed by atoms with van der Waals surface area (Å²) in [6, 6.07) is 9.85. The Labute approximate surface area is 185 Å². The average Bonchev–Trinajstić information content (AvgIpc) is 3.08. The van der Waals surface area contributed by atoms with Gasteiger partial charge in [-0.15, -0.1) is 0 Å². The summed E-state index contributed by atoms with van der Waals surface area (Å²) in [5, 5.41) is 0. The lowest BCUT2D eigenvalue weighted by Crippen LogP contribution is -2.50. The molecule has 0 spiro atoms. The minimum atomic E-state index is -0.246. The van der Waals surface area contributed by atoms with Crippen molar-refractivity contribution in [3.63, 3.8) is 0 Å². The molecular weight excluding hydrogens is 384 g/mol. The van der Waals surface area contributed by atoms with Crippen molar-refractivity contribution in [1.82, 2.24) is 0 Å². The van der Waals surface area contributed by atoms with Crippen LogP contribution in [0.2, 0.25) is 0 Å². The van der Waals surface area contributed by atoms with Crippen molar-refractivity contribution in [3.8, 4) is 0 Å². The Morgan fingerprint density at radius 2 is 1.77 bits per heavy atom. The number of rotatable bonds is 3. The second-order valence-corrected chi connectivity index (χ2v) is 10.7. The lowest BCUT2D eigenvalue weighted by Gasteiger charge is -2.56. The molecule has 5 rings (SSSR count). The van der Waals surface area contributed by atoms with E-state index in [9.17, 15) is 9.59 Å². The summed E-state index contributed by atoms with van der Waals surface area (Å²) in [5.41, 5.74) is 2.64. The van der Waals surface area contributed by atoms with Crippen molar-refractivity contribution in [2.45, 2.75) is 71.3 Å². The zero-order chi connectivity index (χ0) is 21.6. The maximum atomic E-state index is 12.6. The van der Waals surface area contributed by atoms with Crippen LogP contribution in [0.5, 0.6) is 0 Å². The van der Waals surface area contributed by atoms with Crippen LogP contribution < -0.4 is 0 Å². The molecule has 0 aromatic heterocycles. The summed E-state index contributed by atoms with van der Waals surface area (Å²) in [6.45, 7) is 4.69. The van der Waals surface area contributed by atoms with E-state index < -0.39 is 0 Å². The van der Waals surface area contributed by atoms with Gasteiger partial charge in [-0.2, -0.15) is 0 Å². The molecule has 1 aromatic carbocycles. The smallest absolute Gasteiger partial charge is 0.331 e. The normalized spacial score (nSPS) is 39.4. The number of hydrogen-bond donors (Lipinski definition) is 0. The van der Waals surface area contributed by atoms with E-state index in [4.69, 9.17) is 4.74 Å². The second-order valence-electron chi connectivity index (χ2n) is 10.7.